The standard InChI is InChI=1S/C24H22ClN3O2/c25-19-9-7-17(8-10-19)14-27-16-20-12-22(27)24(29)28(15-18-4-3-11-26-13-18)21-5-1-2-6-23(21)30-20/h1-11,13,20,22H,12,14-16H2. The Morgan fingerprint density at radius 3 is 2.63 bits per heavy atom. The Balaban J connectivity index is 1.48. The molecule has 1 saturated heterocycles. The first kappa shape index (κ1) is 19.1. The molecule has 2 aliphatic rings. The van der Waals surface area contributed by atoms with Gasteiger partial charge in [-0.2, -0.15) is 0 Å². The molecule has 2 atom stereocenters. The second-order valence-electron chi connectivity index (χ2n) is 7.80. The van der Waals surface area contributed by atoms with Gasteiger partial charge in [0.2, 0.25) is 5.91 Å². The van der Waals surface area contributed by atoms with Crippen LogP contribution in [0, 0.1) is 0 Å². The van der Waals surface area contributed by atoms with Crippen LogP contribution in [0.25, 0.3) is 0 Å². The third-order valence-electron chi connectivity index (χ3n) is 5.73. The summed E-state index contributed by atoms with van der Waals surface area (Å²) in [6.45, 7) is 1.86. The molecule has 0 saturated carbocycles. The van der Waals surface area contributed by atoms with Crippen LogP contribution in [0.2, 0.25) is 5.02 Å². The van der Waals surface area contributed by atoms with E-state index in [1.165, 1.54) is 0 Å². The van der Waals surface area contributed by atoms with Gasteiger partial charge in [-0.3, -0.25) is 14.7 Å². The average molecular weight is 420 g/mol. The van der Waals surface area contributed by atoms with Gasteiger partial charge in [0.15, 0.2) is 0 Å². The molecule has 1 fully saturated rings. The Kier molecular flexibility index (Phi) is 5.15. The van der Waals surface area contributed by atoms with Crippen molar-refractivity contribution < 1.29 is 9.53 Å². The number of benzene rings is 2. The molecule has 6 heteroatoms. The van der Waals surface area contributed by atoms with Crippen molar-refractivity contribution in [3.05, 3.63) is 89.2 Å². The number of hydrogen-bond acceptors (Lipinski definition) is 4. The van der Waals surface area contributed by atoms with Crippen molar-refractivity contribution in [1.82, 2.24) is 9.88 Å². The molecule has 1 amide bonds. The van der Waals surface area contributed by atoms with E-state index in [2.05, 4.69) is 9.88 Å². The molecule has 1 aromatic heterocycles. The Morgan fingerprint density at radius 1 is 1.00 bits per heavy atom. The molecule has 0 spiro atoms. The first-order valence-electron chi connectivity index (χ1n) is 10.1. The summed E-state index contributed by atoms with van der Waals surface area (Å²) >= 11 is 6.03. The van der Waals surface area contributed by atoms with Crippen LogP contribution >= 0.6 is 11.6 Å². The number of likely N-dealkylation sites (tertiary alicyclic amines) is 1. The number of amides is 1. The van der Waals surface area contributed by atoms with Crippen LogP contribution in [-0.4, -0.2) is 34.5 Å². The number of pyridine rings is 1. The summed E-state index contributed by atoms with van der Waals surface area (Å²) in [5.74, 6) is 0.859. The van der Waals surface area contributed by atoms with E-state index in [9.17, 15) is 4.79 Å². The molecular formula is C24H22ClN3O2. The van der Waals surface area contributed by atoms with E-state index in [4.69, 9.17) is 16.3 Å². The third kappa shape index (κ3) is 3.78. The molecule has 2 bridgehead atoms. The Labute approximate surface area is 180 Å². The van der Waals surface area contributed by atoms with Crippen molar-refractivity contribution in [3.8, 4) is 5.75 Å². The van der Waals surface area contributed by atoms with Crippen LogP contribution in [0.15, 0.2) is 73.1 Å². The fourth-order valence-corrected chi connectivity index (χ4v) is 4.42. The summed E-state index contributed by atoms with van der Waals surface area (Å²) in [5.41, 5.74) is 2.93. The first-order chi connectivity index (χ1) is 14.7. The molecule has 5 rings (SSSR count). The van der Waals surface area contributed by atoms with Gasteiger partial charge in [-0.15, -0.1) is 0 Å². The highest BCUT2D eigenvalue weighted by Gasteiger charge is 2.42. The van der Waals surface area contributed by atoms with Gasteiger partial charge in [0, 0.05) is 36.9 Å². The molecule has 0 radical (unpaired) electrons. The van der Waals surface area contributed by atoms with Crippen molar-refractivity contribution >= 4 is 23.2 Å². The van der Waals surface area contributed by atoms with E-state index in [0.29, 0.717) is 31.1 Å². The largest absolute Gasteiger partial charge is 0.487 e. The zero-order chi connectivity index (χ0) is 20.5. The predicted octanol–water partition coefficient (Wildman–Crippen LogP) is 4.30. The summed E-state index contributed by atoms with van der Waals surface area (Å²) in [6, 6.07) is 19.3. The van der Waals surface area contributed by atoms with Gasteiger partial charge < -0.3 is 9.64 Å². The molecule has 3 heterocycles. The highest BCUT2D eigenvalue weighted by molar-refractivity contribution is 6.30. The van der Waals surface area contributed by atoms with Crippen LogP contribution in [0.3, 0.4) is 0 Å². The molecular weight excluding hydrogens is 398 g/mol. The van der Waals surface area contributed by atoms with E-state index in [1.807, 2.05) is 65.6 Å². The van der Waals surface area contributed by atoms with Gasteiger partial charge in [-0.25, -0.2) is 0 Å². The van der Waals surface area contributed by atoms with Crippen LogP contribution in [-0.2, 0) is 17.9 Å². The van der Waals surface area contributed by atoms with Gasteiger partial charge in [-0.05, 0) is 41.5 Å². The predicted molar refractivity (Wildman–Crippen MR) is 117 cm³/mol. The number of aromatic nitrogens is 1. The number of carbonyl (C=O) groups is 1. The van der Waals surface area contributed by atoms with Gasteiger partial charge in [0.25, 0.3) is 0 Å². The molecule has 2 aliphatic heterocycles. The maximum Gasteiger partial charge on any atom is 0.244 e. The van der Waals surface area contributed by atoms with E-state index in [1.54, 1.807) is 12.4 Å². The second kappa shape index (κ2) is 8.09. The van der Waals surface area contributed by atoms with Gasteiger partial charge in [0.1, 0.15) is 11.9 Å². The number of para-hydroxylation sites is 2. The molecule has 3 aromatic rings. The van der Waals surface area contributed by atoms with Crippen LogP contribution < -0.4 is 9.64 Å². The van der Waals surface area contributed by atoms with Crippen LogP contribution in [0.5, 0.6) is 5.75 Å². The van der Waals surface area contributed by atoms with Crippen LogP contribution in [0.4, 0.5) is 5.69 Å². The van der Waals surface area contributed by atoms with Gasteiger partial charge in [-0.1, -0.05) is 41.9 Å². The molecule has 0 aliphatic carbocycles. The van der Waals surface area contributed by atoms with Crippen molar-refractivity contribution in [2.45, 2.75) is 31.7 Å². The minimum Gasteiger partial charge on any atom is -0.487 e. The number of rotatable bonds is 4. The maximum atomic E-state index is 13.8. The van der Waals surface area contributed by atoms with Crippen molar-refractivity contribution in [3.63, 3.8) is 0 Å². The maximum absolute atomic E-state index is 13.8. The summed E-state index contributed by atoms with van der Waals surface area (Å²) in [6.07, 6.45) is 4.22. The third-order valence-corrected chi connectivity index (χ3v) is 5.98. The number of nitrogens with zero attached hydrogens (tertiary/aromatic N) is 3. The lowest BCUT2D eigenvalue weighted by Crippen LogP contribution is -2.45. The minimum atomic E-state index is -0.226. The van der Waals surface area contributed by atoms with Crippen molar-refractivity contribution in [2.24, 2.45) is 0 Å². The highest BCUT2D eigenvalue weighted by Crippen LogP contribution is 2.37. The quantitative estimate of drug-likeness (QED) is 0.632. The zero-order valence-corrected chi connectivity index (χ0v) is 17.2. The zero-order valence-electron chi connectivity index (χ0n) is 16.4. The Morgan fingerprint density at radius 2 is 1.83 bits per heavy atom. The molecule has 0 N–H and O–H groups in total. The van der Waals surface area contributed by atoms with E-state index in [0.717, 1.165) is 22.6 Å². The SMILES string of the molecule is O=C1C2CC(CN2Cc2ccc(Cl)cc2)Oc2ccccc2N1Cc1cccnc1. The average Bonchev–Trinajstić information content (AvgIpc) is 3.17. The Hall–Kier alpha value is -2.89. The van der Waals surface area contributed by atoms with Crippen molar-refractivity contribution in [1.29, 1.82) is 0 Å². The lowest BCUT2D eigenvalue weighted by atomic mass is 10.1. The minimum absolute atomic E-state index is 0.00654. The fourth-order valence-electron chi connectivity index (χ4n) is 4.30. The smallest absolute Gasteiger partial charge is 0.244 e. The Bertz CT molecular complexity index is 1040. The first-order valence-corrected chi connectivity index (χ1v) is 10.5. The van der Waals surface area contributed by atoms with Crippen molar-refractivity contribution in [2.75, 3.05) is 11.4 Å². The van der Waals surface area contributed by atoms with E-state index in [-0.39, 0.29) is 18.1 Å². The lowest BCUT2D eigenvalue weighted by Gasteiger charge is -2.32. The fraction of sp³-hybridized carbons (Fsp3) is 0.250. The summed E-state index contributed by atoms with van der Waals surface area (Å²) in [7, 11) is 0. The number of halogens is 1. The number of fused-ring (bicyclic) bond motifs is 3. The molecule has 152 valence electrons. The number of carbonyl (C=O) groups excluding carboxylic acids is 1. The van der Waals surface area contributed by atoms with Gasteiger partial charge >= 0.3 is 0 Å². The highest BCUT2D eigenvalue weighted by atomic mass is 35.5. The van der Waals surface area contributed by atoms with Crippen LogP contribution in [0.1, 0.15) is 17.5 Å². The normalized spacial score (nSPS) is 21.0. The molecule has 5 nitrogen and oxygen atoms in total. The second-order valence-corrected chi connectivity index (χ2v) is 8.24. The number of anilines is 1. The summed E-state index contributed by atoms with van der Waals surface area (Å²) < 4.78 is 6.36. The number of hydrogen-bond donors (Lipinski definition) is 0. The summed E-state index contributed by atoms with van der Waals surface area (Å²) in [4.78, 5) is 22.0. The van der Waals surface area contributed by atoms with E-state index >= 15 is 0 Å². The monoisotopic (exact) mass is 419 g/mol. The molecule has 2 aromatic carbocycles. The lowest BCUT2D eigenvalue weighted by molar-refractivity contribution is -0.123. The summed E-state index contributed by atoms with van der Waals surface area (Å²) in [5, 5.41) is 0.713. The van der Waals surface area contributed by atoms with E-state index < -0.39 is 0 Å². The topological polar surface area (TPSA) is 45.7 Å². The number of ether oxygens (including phenoxy) is 1. The van der Waals surface area contributed by atoms with Gasteiger partial charge in [0.05, 0.1) is 18.3 Å². The molecule has 2 unspecified atom stereocenters. The molecule has 30 heavy (non-hydrogen) atoms.